The highest BCUT2D eigenvalue weighted by atomic mass is 32.1. The quantitative estimate of drug-likeness (QED) is 0.926. The molecule has 2 rings (SSSR count). The lowest BCUT2D eigenvalue weighted by atomic mass is 10.2. The highest BCUT2D eigenvalue weighted by molar-refractivity contribution is 7.07. The maximum atomic E-state index is 12.2. The summed E-state index contributed by atoms with van der Waals surface area (Å²) < 4.78 is 5.42. The molecule has 6 heteroatoms. The van der Waals surface area contributed by atoms with Crippen molar-refractivity contribution in [3.63, 3.8) is 0 Å². The van der Waals surface area contributed by atoms with Gasteiger partial charge in [0.05, 0.1) is 12.5 Å². The number of amides is 2. The van der Waals surface area contributed by atoms with Crippen LogP contribution < -0.4 is 5.32 Å². The maximum absolute atomic E-state index is 12.2. The van der Waals surface area contributed by atoms with E-state index in [2.05, 4.69) is 5.32 Å². The van der Waals surface area contributed by atoms with Gasteiger partial charge >= 0.3 is 6.09 Å². The third kappa shape index (κ3) is 5.02. The molecule has 1 unspecified atom stereocenters. The first-order chi connectivity index (χ1) is 10.3. The lowest BCUT2D eigenvalue weighted by Crippen LogP contribution is -2.45. The molecule has 1 N–H and O–H groups in total. The van der Waals surface area contributed by atoms with Gasteiger partial charge in [0.2, 0.25) is 5.91 Å². The first kappa shape index (κ1) is 16.8. The lowest BCUT2D eigenvalue weighted by molar-refractivity contribution is -0.120. The van der Waals surface area contributed by atoms with Crippen LogP contribution in [0.3, 0.4) is 0 Å². The minimum absolute atomic E-state index is 0.00515. The van der Waals surface area contributed by atoms with Crippen LogP contribution in [-0.4, -0.2) is 41.6 Å². The van der Waals surface area contributed by atoms with E-state index in [1.165, 1.54) is 0 Å². The Hall–Kier alpha value is -1.56. The average molecular weight is 324 g/mol. The van der Waals surface area contributed by atoms with E-state index >= 15 is 0 Å². The Morgan fingerprint density at radius 2 is 2.23 bits per heavy atom. The van der Waals surface area contributed by atoms with E-state index < -0.39 is 5.60 Å². The van der Waals surface area contributed by atoms with Gasteiger partial charge in [-0.2, -0.15) is 11.3 Å². The molecule has 22 heavy (non-hydrogen) atoms. The molecule has 5 nitrogen and oxygen atoms in total. The zero-order valence-electron chi connectivity index (χ0n) is 13.4. The van der Waals surface area contributed by atoms with Crippen molar-refractivity contribution in [3.05, 3.63) is 22.4 Å². The van der Waals surface area contributed by atoms with E-state index in [1.807, 2.05) is 37.6 Å². The Bertz CT molecular complexity index is 508. The zero-order valence-corrected chi connectivity index (χ0v) is 14.2. The summed E-state index contributed by atoms with van der Waals surface area (Å²) in [5, 5.41) is 6.86. The van der Waals surface area contributed by atoms with Gasteiger partial charge < -0.3 is 15.0 Å². The predicted octanol–water partition coefficient (Wildman–Crippen LogP) is 2.81. The molecular weight excluding hydrogens is 300 g/mol. The van der Waals surface area contributed by atoms with Crippen LogP contribution in [0.15, 0.2) is 16.8 Å². The number of likely N-dealkylation sites (tertiary alicyclic amines) is 1. The number of rotatable bonds is 4. The van der Waals surface area contributed by atoms with Crippen molar-refractivity contribution < 1.29 is 14.3 Å². The molecule has 1 aromatic heterocycles. The second-order valence-electron chi connectivity index (χ2n) is 6.58. The van der Waals surface area contributed by atoms with Crippen LogP contribution in [0.4, 0.5) is 4.79 Å². The monoisotopic (exact) mass is 324 g/mol. The van der Waals surface area contributed by atoms with Gasteiger partial charge in [-0.05, 0) is 56.0 Å². The summed E-state index contributed by atoms with van der Waals surface area (Å²) in [6.45, 7) is 6.76. The average Bonchev–Trinajstić information content (AvgIpc) is 3.04. The first-order valence-corrected chi connectivity index (χ1v) is 8.57. The molecule has 0 bridgehead atoms. The van der Waals surface area contributed by atoms with E-state index in [-0.39, 0.29) is 18.0 Å². The highest BCUT2D eigenvalue weighted by Crippen LogP contribution is 2.20. The normalized spacial score (nSPS) is 18.3. The number of nitrogens with one attached hydrogen (secondary N) is 1. The van der Waals surface area contributed by atoms with Crippen LogP contribution in [0.1, 0.15) is 39.2 Å². The number of carbonyl (C=O) groups is 2. The topological polar surface area (TPSA) is 58.6 Å². The van der Waals surface area contributed by atoms with Crippen molar-refractivity contribution in [1.29, 1.82) is 0 Å². The smallest absolute Gasteiger partial charge is 0.410 e. The van der Waals surface area contributed by atoms with Crippen molar-refractivity contribution in [2.75, 3.05) is 13.1 Å². The van der Waals surface area contributed by atoms with E-state index in [0.29, 0.717) is 19.5 Å². The lowest BCUT2D eigenvalue weighted by Gasteiger charge is -2.28. The van der Waals surface area contributed by atoms with Gasteiger partial charge in [-0.1, -0.05) is 0 Å². The summed E-state index contributed by atoms with van der Waals surface area (Å²) in [6.07, 6.45) is 1.95. The molecule has 2 heterocycles. The molecule has 0 saturated carbocycles. The molecule has 0 radical (unpaired) electrons. The van der Waals surface area contributed by atoms with Crippen LogP contribution >= 0.6 is 11.3 Å². The van der Waals surface area contributed by atoms with Gasteiger partial charge in [0.1, 0.15) is 5.60 Å². The molecule has 0 aliphatic carbocycles. The zero-order chi connectivity index (χ0) is 16.2. The van der Waals surface area contributed by atoms with Crippen molar-refractivity contribution in [2.45, 2.75) is 51.7 Å². The molecule has 0 spiro atoms. The van der Waals surface area contributed by atoms with Gasteiger partial charge in [0, 0.05) is 13.1 Å². The fraction of sp³-hybridized carbons (Fsp3) is 0.625. The molecule has 2 amide bonds. The third-order valence-electron chi connectivity index (χ3n) is 3.48. The fourth-order valence-electron chi connectivity index (χ4n) is 2.48. The first-order valence-electron chi connectivity index (χ1n) is 7.62. The number of carbonyl (C=O) groups excluding carboxylic acids is 2. The molecule has 1 aromatic rings. The van der Waals surface area contributed by atoms with Crippen LogP contribution in [-0.2, 0) is 16.0 Å². The van der Waals surface area contributed by atoms with E-state index in [0.717, 1.165) is 18.4 Å². The van der Waals surface area contributed by atoms with Gasteiger partial charge in [-0.15, -0.1) is 0 Å². The Morgan fingerprint density at radius 3 is 2.86 bits per heavy atom. The van der Waals surface area contributed by atoms with Gasteiger partial charge in [-0.3, -0.25) is 4.79 Å². The largest absolute Gasteiger partial charge is 0.444 e. The third-order valence-corrected chi connectivity index (χ3v) is 4.22. The summed E-state index contributed by atoms with van der Waals surface area (Å²) in [4.78, 5) is 25.8. The minimum atomic E-state index is -0.494. The number of thiophene rings is 1. The molecule has 0 aromatic carbocycles. The summed E-state index contributed by atoms with van der Waals surface area (Å²) in [5.41, 5.74) is 0.532. The molecule has 1 fully saturated rings. The van der Waals surface area contributed by atoms with Crippen LogP contribution in [0, 0.1) is 0 Å². The molecule has 1 aliphatic rings. The number of hydrogen-bond acceptors (Lipinski definition) is 4. The second-order valence-corrected chi connectivity index (χ2v) is 7.36. The van der Waals surface area contributed by atoms with Gasteiger partial charge in [-0.25, -0.2) is 4.79 Å². The predicted molar refractivity (Wildman–Crippen MR) is 87.0 cm³/mol. The highest BCUT2D eigenvalue weighted by Gasteiger charge is 2.32. The van der Waals surface area contributed by atoms with E-state index in [1.54, 1.807) is 16.2 Å². The van der Waals surface area contributed by atoms with Crippen molar-refractivity contribution in [3.8, 4) is 0 Å². The Labute approximate surface area is 135 Å². The molecular formula is C16H24N2O3S. The Kier molecular flexibility index (Phi) is 5.45. The van der Waals surface area contributed by atoms with Gasteiger partial charge in [0.25, 0.3) is 0 Å². The molecule has 1 saturated heterocycles. The summed E-state index contributed by atoms with van der Waals surface area (Å²) >= 11 is 1.59. The van der Waals surface area contributed by atoms with Crippen molar-refractivity contribution in [1.82, 2.24) is 10.2 Å². The fourth-order valence-corrected chi connectivity index (χ4v) is 3.15. The summed E-state index contributed by atoms with van der Waals surface area (Å²) in [6, 6.07) is 1.98. The molecule has 122 valence electrons. The van der Waals surface area contributed by atoms with Crippen molar-refractivity contribution in [2.24, 2.45) is 0 Å². The van der Waals surface area contributed by atoms with Crippen molar-refractivity contribution >= 4 is 23.3 Å². The minimum Gasteiger partial charge on any atom is -0.444 e. The molecule has 1 aliphatic heterocycles. The number of nitrogens with zero attached hydrogens (tertiary/aromatic N) is 1. The summed E-state index contributed by atoms with van der Waals surface area (Å²) in [7, 11) is 0. The van der Waals surface area contributed by atoms with E-state index in [9.17, 15) is 9.59 Å². The standard InChI is InChI=1S/C16H24N2O3S/c1-16(2,3)21-15(20)18-7-4-5-13(18)10-17-14(19)9-12-6-8-22-11-12/h6,8,11,13H,4-5,7,9-10H2,1-3H3,(H,17,19). The SMILES string of the molecule is CC(C)(C)OC(=O)N1CCCC1CNC(=O)Cc1ccsc1. The Morgan fingerprint density at radius 1 is 1.45 bits per heavy atom. The maximum Gasteiger partial charge on any atom is 0.410 e. The summed E-state index contributed by atoms with van der Waals surface area (Å²) in [5.74, 6) is -0.00515. The van der Waals surface area contributed by atoms with E-state index in [4.69, 9.17) is 4.74 Å². The van der Waals surface area contributed by atoms with Crippen LogP contribution in [0.25, 0.3) is 0 Å². The Balaban J connectivity index is 1.81. The van der Waals surface area contributed by atoms with Crippen LogP contribution in [0.5, 0.6) is 0 Å². The molecule has 1 atom stereocenters. The number of hydrogen-bond donors (Lipinski definition) is 1. The second kappa shape index (κ2) is 7.13. The number of ether oxygens (including phenoxy) is 1. The van der Waals surface area contributed by atoms with Gasteiger partial charge in [0.15, 0.2) is 0 Å². The van der Waals surface area contributed by atoms with Crippen LogP contribution in [0.2, 0.25) is 0 Å².